The normalized spacial score (nSPS) is 11.5. The van der Waals surface area contributed by atoms with E-state index in [1.807, 2.05) is 0 Å². The van der Waals surface area contributed by atoms with Crippen molar-refractivity contribution in [1.29, 1.82) is 0 Å². The summed E-state index contributed by atoms with van der Waals surface area (Å²) < 4.78 is 28.8. The first kappa shape index (κ1) is 13.1. The minimum atomic E-state index is -2.29. The molecule has 0 atom stereocenters. The summed E-state index contributed by atoms with van der Waals surface area (Å²) in [5.74, 6) is 0.389. The molecule has 0 amide bonds. The molecule has 0 unspecified atom stereocenters. The smallest absolute Gasteiger partial charge is 0.251 e. The largest absolute Gasteiger partial charge is 0.385 e. The molecule has 0 spiro atoms. The Kier molecular flexibility index (Phi) is 8.71. The van der Waals surface area contributed by atoms with Gasteiger partial charge in [0, 0.05) is 32.7 Å². The highest BCUT2D eigenvalue weighted by molar-refractivity contribution is 6.18. The van der Waals surface area contributed by atoms with Crippen LogP contribution in [0.2, 0.25) is 0 Å². The van der Waals surface area contributed by atoms with Gasteiger partial charge in [-0.1, -0.05) is 0 Å². The second kappa shape index (κ2) is 8.66. The van der Waals surface area contributed by atoms with Crippen LogP contribution in [0, 0.1) is 0 Å². The van der Waals surface area contributed by atoms with Crippen LogP contribution < -0.4 is 0 Å². The molecule has 0 aliphatic rings. The fourth-order valence-electron chi connectivity index (χ4n) is 1.04. The van der Waals surface area contributed by atoms with E-state index in [0.29, 0.717) is 25.6 Å². The third-order valence-electron chi connectivity index (χ3n) is 1.62. The van der Waals surface area contributed by atoms with Crippen molar-refractivity contribution in [3.05, 3.63) is 0 Å². The molecule has 5 heteroatoms. The fourth-order valence-corrected chi connectivity index (χ4v) is 1.28. The summed E-state index contributed by atoms with van der Waals surface area (Å²) in [4.78, 5) is 1.65. The van der Waals surface area contributed by atoms with Crippen molar-refractivity contribution >= 4 is 11.6 Å². The van der Waals surface area contributed by atoms with Gasteiger partial charge in [-0.15, -0.1) is 11.6 Å². The topological polar surface area (TPSA) is 12.5 Å². The molecule has 0 bridgehead atoms. The first-order valence-electron chi connectivity index (χ1n) is 4.26. The Morgan fingerprint density at radius 1 is 1.38 bits per heavy atom. The lowest BCUT2D eigenvalue weighted by Crippen LogP contribution is -2.32. The van der Waals surface area contributed by atoms with E-state index < -0.39 is 6.43 Å². The maximum Gasteiger partial charge on any atom is 0.251 e. The predicted molar refractivity (Wildman–Crippen MR) is 49.7 cm³/mol. The van der Waals surface area contributed by atoms with Crippen LogP contribution in [0.1, 0.15) is 6.42 Å². The number of methoxy groups -OCH3 is 1. The molecular weight excluding hydrogens is 200 g/mol. The maximum atomic E-state index is 12.0. The van der Waals surface area contributed by atoms with Crippen molar-refractivity contribution in [1.82, 2.24) is 4.90 Å². The summed E-state index contributed by atoms with van der Waals surface area (Å²) >= 11 is 5.47. The van der Waals surface area contributed by atoms with E-state index in [2.05, 4.69) is 0 Å². The monoisotopic (exact) mass is 215 g/mol. The lowest BCUT2D eigenvalue weighted by molar-refractivity contribution is 0.0849. The lowest BCUT2D eigenvalue weighted by atomic mass is 10.4. The predicted octanol–water partition coefficient (Wildman–Crippen LogP) is 1.83. The van der Waals surface area contributed by atoms with Gasteiger partial charge in [0.15, 0.2) is 0 Å². The van der Waals surface area contributed by atoms with E-state index in [-0.39, 0.29) is 6.54 Å². The van der Waals surface area contributed by atoms with Crippen molar-refractivity contribution in [3.8, 4) is 0 Å². The van der Waals surface area contributed by atoms with Gasteiger partial charge in [-0.3, -0.25) is 4.90 Å². The average Bonchev–Trinajstić information content (AvgIpc) is 2.04. The fraction of sp³-hybridized carbons (Fsp3) is 1.00. The van der Waals surface area contributed by atoms with Gasteiger partial charge >= 0.3 is 0 Å². The van der Waals surface area contributed by atoms with Crippen LogP contribution in [0.25, 0.3) is 0 Å². The Bertz CT molecular complexity index is 116. The van der Waals surface area contributed by atoms with Crippen LogP contribution >= 0.6 is 11.6 Å². The molecule has 0 saturated heterocycles. The van der Waals surface area contributed by atoms with Gasteiger partial charge in [0.1, 0.15) is 0 Å². The van der Waals surface area contributed by atoms with E-state index in [0.717, 1.165) is 6.42 Å². The molecular formula is C8H16ClF2NO. The number of hydrogen-bond donors (Lipinski definition) is 0. The number of hydrogen-bond acceptors (Lipinski definition) is 2. The summed E-state index contributed by atoms with van der Waals surface area (Å²) in [6, 6.07) is 0. The van der Waals surface area contributed by atoms with Crippen molar-refractivity contribution < 1.29 is 13.5 Å². The van der Waals surface area contributed by atoms with Gasteiger partial charge in [0.2, 0.25) is 0 Å². The first-order chi connectivity index (χ1) is 6.20. The molecule has 0 aromatic carbocycles. The SMILES string of the molecule is COCCCN(CCCl)CC(F)F. The Morgan fingerprint density at radius 3 is 2.54 bits per heavy atom. The van der Waals surface area contributed by atoms with Crippen LogP contribution in [-0.2, 0) is 4.74 Å². The second-order valence-corrected chi connectivity index (χ2v) is 3.10. The third-order valence-corrected chi connectivity index (χ3v) is 1.79. The molecule has 0 aliphatic heterocycles. The van der Waals surface area contributed by atoms with Crippen LogP contribution in [-0.4, -0.2) is 50.6 Å². The van der Waals surface area contributed by atoms with Crippen molar-refractivity contribution in [2.75, 3.05) is 39.2 Å². The van der Waals surface area contributed by atoms with Crippen LogP contribution in [0.3, 0.4) is 0 Å². The summed E-state index contributed by atoms with van der Waals surface area (Å²) in [5, 5.41) is 0. The molecule has 80 valence electrons. The van der Waals surface area contributed by atoms with Gasteiger partial charge in [0.25, 0.3) is 6.43 Å². The molecule has 2 nitrogen and oxygen atoms in total. The Labute approximate surface area is 82.8 Å². The zero-order valence-corrected chi connectivity index (χ0v) is 8.57. The molecule has 0 fully saturated rings. The van der Waals surface area contributed by atoms with E-state index in [4.69, 9.17) is 16.3 Å². The minimum Gasteiger partial charge on any atom is -0.385 e. The Morgan fingerprint density at radius 2 is 2.08 bits per heavy atom. The number of ether oxygens (including phenoxy) is 1. The maximum absolute atomic E-state index is 12.0. The average molecular weight is 216 g/mol. The van der Waals surface area contributed by atoms with Gasteiger partial charge in [-0.25, -0.2) is 8.78 Å². The molecule has 0 heterocycles. The quantitative estimate of drug-likeness (QED) is 0.453. The summed E-state index contributed by atoms with van der Waals surface area (Å²) in [7, 11) is 1.60. The van der Waals surface area contributed by atoms with Crippen molar-refractivity contribution in [2.45, 2.75) is 12.8 Å². The van der Waals surface area contributed by atoms with Gasteiger partial charge in [-0.2, -0.15) is 0 Å². The third kappa shape index (κ3) is 8.40. The molecule has 0 aromatic heterocycles. The standard InChI is InChI=1S/C8H16ClF2NO/c1-13-6-2-4-12(5-3-9)7-8(10)11/h8H,2-7H2,1H3. The first-order valence-corrected chi connectivity index (χ1v) is 4.79. The molecule has 0 aliphatic carbocycles. The van der Waals surface area contributed by atoms with E-state index in [9.17, 15) is 8.78 Å². The van der Waals surface area contributed by atoms with E-state index in [1.165, 1.54) is 0 Å². The lowest BCUT2D eigenvalue weighted by Gasteiger charge is -2.20. The van der Waals surface area contributed by atoms with Crippen LogP contribution in [0.4, 0.5) is 8.78 Å². The highest BCUT2D eigenvalue weighted by atomic mass is 35.5. The number of nitrogens with zero attached hydrogens (tertiary/aromatic N) is 1. The van der Waals surface area contributed by atoms with Crippen molar-refractivity contribution in [2.24, 2.45) is 0 Å². The van der Waals surface area contributed by atoms with Gasteiger partial charge in [-0.05, 0) is 6.42 Å². The Balaban J connectivity index is 3.53. The second-order valence-electron chi connectivity index (χ2n) is 2.73. The number of halogens is 3. The Hall–Kier alpha value is 0.0700. The van der Waals surface area contributed by atoms with Gasteiger partial charge in [0.05, 0.1) is 6.54 Å². The summed E-state index contributed by atoms with van der Waals surface area (Å²) in [6.07, 6.45) is -1.52. The summed E-state index contributed by atoms with van der Waals surface area (Å²) in [5.41, 5.74) is 0. The van der Waals surface area contributed by atoms with E-state index >= 15 is 0 Å². The van der Waals surface area contributed by atoms with Crippen LogP contribution in [0.5, 0.6) is 0 Å². The molecule has 13 heavy (non-hydrogen) atoms. The number of rotatable bonds is 8. The summed E-state index contributed by atoms with van der Waals surface area (Å²) in [6.45, 7) is 1.53. The van der Waals surface area contributed by atoms with E-state index in [1.54, 1.807) is 12.0 Å². The highest BCUT2D eigenvalue weighted by Crippen LogP contribution is 2.00. The molecule has 0 radical (unpaired) electrons. The van der Waals surface area contributed by atoms with Crippen LogP contribution in [0.15, 0.2) is 0 Å². The zero-order valence-electron chi connectivity index (χ0n) is 7.81. The highest BCUT2D eigenvalue weighted by Gasteiger charge is 2.10. The molecule has 0 saturated carbocycles. The zero-order chi connectivity index (χ0) is 10.1. The molecule has 0 aromatic rings. The molecule has 0 N–H and O–H groups in total. The van der Waals surface area contributed by atoms with Gasteiger partial charge < -0.3 is 4.74 Å². The van der Waals surface area contributed by atoms with Crippen molar-refractivity contribution in [3.63, 3.8) is 0 Å². The molecule has 0 rings (SSSR count). The number of alkyl halides is 3. The minimum absolute atomic E-state index is 0.198.